The van der Waals surface area contributed by atoms with Crippen LogP contribution in [0, 0.1) is 6.92 Å². The van der Waals surface area contributed by atoms with Crippen molar-refractivity contribution in [2.45, 2.75) is 50.4 Å². The maximum absolute atomic E-state index is 14.2. The van der Waals surface area contributed by atoms with Crippen LogP contribution in [0.5, 0.6) is 0 Å². The molecule has 1 N–H and O–H groups in total. The van der Waals surface area contributed by atoms with Crippen LogP contribution in [-0.2, 0) is 19.0 Å². The van der Waals surface area contributed by atoms with Crippen molar-refractivity contribution in [3.63, 3.8) is 0 Å². The molecule has 8 nitrogen and oxygen atoms in total. The fourth-order valence-electron chi connectivity index (χ4n) is 5.26. The van der Waals surface area contributed by atoms with Gasteiger partial charge in [0.15, 0.2) is 5.82 Å². The van der Waals surface area contributed by atoms with Crippen LogP contribution >= 0.6 is 0 Å². The van der Waals surface area contributed by atoms with E-state index in [4.69, 9.17) is 0 Å². The predicted octanol–water partition coefficient (Wildman–Crippen LogP) is 5.10. The lowest BCUT2D eigenvalue weighted by Crippen LogP contribution is -2.50. The molecule has 5 heterocycles. The summed E-state index contributed by atoms with van der Waals surface area (Å²) in [5.41, 5.74) is 1.20. The highest BCUT2D eigenvalue weighted by Gasteiger charge is 2.62. The molecule has 0 aromatic carbocycles. The smallest absolute Gasteiger partial charge is 0.342 e. The molecule has 4 aromatic rings. The Bertz CT molecular complexity index is 1440. The fourth-order valence-corrected chi connectivity index (χ4v) is 5.26. The van der Waals surface area contributed by atoms with E-state index in [9.17, 15) is 17.6 Å². The van der Waals surface area contributed by atoms with E-state index in [1.54, 1.807) is 17.1 Å². The minimum Gasteiger partial charge on any atom is -0.342 e. The van der Waals surface area contributed by atoms with Crippen molar-refractivity contribution < 1.29 is 17.6 Å². The molecular formula is C24H24F4N8. The number of hydrogen-bond acceptors (Lipinski definition) is 5. The van der Waals surface area contributed by atoms with Gasteiger partial charge in [0.2, 0.25) is 0 Å². The molecule has 1 saturated carbocycles. The van der Waals surface area contributed by atoms with Gasteiger partial charge in [-0.25, -0.2) is 9.37 Å². The molecule has 188 valence electrons. The third-order valence-electron chi connectivity index (χ3n) is 7.44. The van der Waals surface area contributed by atoms with Crippen LogP contribution in [0.25, 0.3) is 22.6 Å². The molecule has 1 aliphatic carbocycles. The zero-order chi connectivity index (χ0) is 25.2. The van der Waals surface area contributed by atoms with Gasteiger partial charge < -0.3 is 14.5 Å². The highest BCUT2D eigenvalue weighted by molar-refractivity contribution is 5.75. The summed E-state index contributed by atoms with van der Waals surface area (Å²) in [6, 6.07) is 4.80. The van der Waals surface area contributed by atoms with Crippen molar-refractivity contribution in [1.82, 2.24) is 34.1 Å². The maximum Gasteiger partial charge on any atom is 0.401 e. The van der Waals surface area contributed by atoms with E-state index >= 15 is 0 Å². The molecule has 0 spiro atoms. The van der Waals surface area contributed by atoms with Crippen molar-refractivity contribution in [3.8, 4) is 22.6 Å². The van der Waals surface area contributed by atoms with E-state index in [-0.39, 0.29) is 31.0 Å². The Morgan fingerprint density at radius 1 is 1.19 bits per heavy atom. The van der Waals surface area contributed by atoms with Gasteiger partial charge in [-0.2, -0.15) is 18.3 Å². The first-order chi connectivity index (χ1) is 17.2. The second kappa shape index (κ2) is 7.90. The van der Waals surface area contributed by atoms with Gasteiger partial charge in [0.25, 0.3) is 0 Å². The topological polar surface area (TPSA) is 78.4 Å². The Morgan fingerprint density at radius 2 is 2.00 bits per heavy atom. The summed E-state index contributed by atoms with van der Waals surface area (Å²) in [4.78, 5) is 4.45. The summed E-state index contributed by atoms with van der Waals surface area (Å²) in [7, 11) is 1.82. The van der Waals surface area contributed by atoms with E-state index < -0.39 is 24.3 Å². The third kappa shape index (κ3) is 3.26. The lowest BCUT2D eigenvalue weighted by atomic mass is 9.67. The SMILES string of the molecule is Cc1cnc(Nc2ccnn2C)cc1-c1cc2n(c1)C[C@H](CF)n1c-2nnc1C1(C(F)(F)F)CCC1. The first kappa shape index (κ1) is 22.7. The molecule has 0 radical (unpaired) electrons. The van der Waals surface area contributed by atoms with Gasteiger partial charge in [0, 0.05) is 37.6 Å². The van der Waals surface area contributed by atoms with Crippen molar-refractivity contribution in [2.24, 2.45) is 7.05 Å². The van der Waals surface area contributed by atoms with Crippen molar-refractivity contribution >= 4 is 11.6 Å². The maximum atomic E-state index is 14.2. The van der Waals surface area contributed by atoms with Gasteiger partial charge in [0.1, 0.15) is 29.5 Å². The Balaban J connectivity index is 1.42. The highest BCUT2D eigenvalue weighted by Crippen LogP contribution is 2.55. The number of hydrogen-bond donors (Lipinski definition) is 1. The number of anilines is 2. The average Bonchev–Trinajstić information content (AvgIpc) is 3.51. The molecule has 12 heteroatoms. The van der Waals surface area contributed by atoms with Gasteiger partial charge in [-0.05, 0) is 43.0 Å². The second-order valence-corrected chi connectivity index (χ2v) is 9.57. The number of pyridine rings is 1. The van der Waals surface area contributed by atoms with Gasteiger partial charge >= 0.3 is 6.18 Å². The first-order valence-corrected chi connectivity index (χ1v) is 11.7. The van der Waals surface area contributed by atoms with Crippen molar-refractivity contribution in [1.29, 1.82) is 0 Å². The molecule has 0 amide bonds. The molecule has 1 fully saturated rings. The largest absolute Gasteiger partial charge is 0.401 e. The summed E-state index contributed by atoms with van der Waals surface area (Å²) in [6.07, 6.45) is 1.20. The summed E-state index contributed by atoms with van der Waals surface area (Å²) >= 11 is 0. The molecular weight excluding hydrogens is 476 g/mol. The Hall–Kier alpha value is -3.70. The average molecular weight is 501 g/mol. The normalized spacial score (nSPS) is 18.4. The van der Waals surface area contributed by atoms with Crippen molar-refractivity contribution in [2.75, 3.05) is 12.0 Å². The van der Waals surface area contributed by atoms with Crippen LogP contribution in [0.3, 0.4) is 0 Å². The van der Waals surface area contributed by atoms with Crippen LogP contribution in [0.1, 0.15) is 36.7 Å². The van der Waals surface area contributed by atoms with E-state index in [0.717, 1.165) is 22.5 Å². The number of aryl methyl sites for hydroxylation is 2. The number of alkyl halides is 4. The molecule has 4 aromatic heterocycles. The number of fused-ring (bicyclic) bond motifs is 3. The number of nitrogens with zero attached hydrogens (tertiary/aromatic N) is 7. The Kier molecular flexibility index (Phi) is 4.99. The Labute approximate surface area is 204 Å². The van der Waals surface area contributed by atoms with Crippen LogP contribution in [0.2, 0.25) is 0 Å². The quantitative estimate of drug-likeness (QED) is 0.386. The molecule has 0 bridgehead atoms. The number of nitrogens with one attached hydrogen (secondary N) is 1. The van der Waals surface area contributed by atoms with E-state index in [1.165, 1.54) is 4.57 Å². The van der Waals surface area contributed by atoms with Gasteiger partial charge in [-0.15, -0.1) is 10.2 Å². The molecule has 36 heavy (non-hydrogen) atoms. The highest BCUT2D eigenvalue weighted by atomic mass is 19.4. The molecule has 6 rings (SSSR count). The Morgan fingerprint density at radius 3 is 2.64 bits per heavy atom. The van der Waals surface area contributed by atoms with E-state index in [0.29, 0.717) is 17.9 Å². The summed E-state index contributed by atoms with van der Waals surface area (Å²) < 4.78 is 61.4. The lowest BCUT2D eigenvalue weighted by molar-refractivity contribution is -0.216. The molecule has 1 atom stereocenters. The van der Waals surface area contributed by atoms with E-state index in [1.807, 2.05) is 42.9 Å². The summed E-state index contributed by atoms with van der Waals surface area (Å²) in [6.45, 7) is 1.32. The zero-order valence-electron chi connectivity index (χ0n) is 19.7. The van der Waals surface area contributed by atoms with Crippen LogP contribution in [0.4, 0.5) is 29.2 Å². The van der Waals surface area contributed by atoms with Crippen LogP contribution in [0.15, 0.2) is 36.8 Å². The number of halogens is 4. The summed E-state index contributed by atoms with van der Waals surface area (Å²) in [5.74, 6) is 1.48. The van der Waals surface area contributed by atoms with Gasteiger partial charge in [-0.1, -0.05) is 6.42 Å². The minimum absolute atomic E-state index is 0.0530. The molecule has 0 saturated heterocycles. The second-order valence-electron chi connectivity index (χ2n) is 9.57. The van der Waals surface area contributed by atoms with Crippen molar-refractivity contribution in [3.05, 3.63) is 48.2 Å². The number of rotatable bonds is 5. The van der Waals surface area contributed by atoms with Crippen LogP contribution in [-0.4, -0.2) is 46.9 Å². The fraction of sp³-hybridized carbons (Fsp3) is 0.417. The predicted molar refractivity (Wildman–Crippen MR) is 125 cm³/mol. The molecule has 1 aliphatic heterocycles. The third-order valence-corrected chi connectivity index (χ3v) is 7.44. The van der Waals surface area contributed by atoms with Gasteiger partial charge in [-0.3, -0.25) is 4.68 Å². The van der Waals surface area contributed by atoms with E-state index in [2.05, 4.69) is 25.6 Å². The first-order valence-electron chi connectivity index (χ1n) is 11.7. The monoisotopic (exact) mass is 500 g/mol. The zero-order valence-corrected chi connectivity index (χ0v) is 19.7. The minimum atomic E-state index is -4.47. The number of aromatic nitrogens is 7. The molecule has 2 aliphatic rings. The lowest BCUT2D eigenvalue weighted by Gasteiger charge is -2.43. The van der Waals surface area contributed by atoms with Crippen LogP contribution < -0.4 is 5.32 Å². The summed E-state index contributed by atoms with van der Waals surface area (Å²) in [5, 5.41) is 15.5. The standard InChI is InChI=1S/C24H24F4N8/c1-14-11-29-19(31-20-4-7-30-34(20)2)9-17(14)15-8-18-21-32-33-22(23(5-3-6-23)24(26,27)28)36(21)16(10-25)13-35(18)12-15/h4,7-9,11-12,16H,3,5-6,10,13H2,1-2H3,(H,29,31)/t16-/m0/s1. The van der Waals surface area contributed by atoms with Gasteiger partial charge in [0.05, 0.1) is 17.9 Å². The molecule has 0 unspecified atom stereocenters.